The summed E-state index contributed by atoms with van der Waals surface area (Å²) in [6.45, 7) is 1.94. The topological polar surface area (TPSA) is 55.1 Å². The van der Waals surface area contributed by atoms with Crippen molar-refractivity contribution < 1.29 is 9.90 Å². The van der Waals surface area contributed by atoms with Crippen LogP contribution in [0, 0.1) is 0 Å². The van der Waals surface area contributed by atoms with Gasteiger partial charge >= 0.3 is 0 Å². The number of aliphatic hydroxyl groups is 1. The first-order valence-electron chi connectivity index (χ1n) is 4.82. The van der Waals surface area contributed by atoms with Gasteiger partial charge in [-0.3, -0.25) is 4.79 Å². The number of hydrogen-bond donors (Lipinski definition) is 1. The van der Waals surface area contributed by atoms with Crippen molar-refractivity contribution in [3.8, 4) is 0 Å². The Kier molecular flexibility index (Phi) is 3.83. The second-order valence-corrected chi connectivity index (χ2v) is 3.40. The van der Waals surface area contributed by atoms with Crippen LogP contribution >= 0.6 is 0 Å². The Bertz CT molecular complexity index is 307. The van der Waals surface area contributed by atoms with Gasteiger partial charge < -0.3 is 9.67 Å². The highest BCUT2D eigenvalue weighted by Gasteiger charge is 2.15. The molecule has 1 rings (SSSR count). The molecule has 0 saturated carbocycles. The molecule has 14 heavy (non-hydrogen) atoms. The van der Waals surface area contributed by atoms with E-state index in [1.807, 2.05) is 14.0 Å². The monoisotopic (exact) mass is 196 g/mol. The van der Waals surface area contributed by atoms with Crippen LogP contribution in [0.1, 0.15) is 25.6 Å². The van der Waals surface area contributed by atoms with Gasteiger partial charge in [-0.15, -0.1) is 0 Å². The minimum Gasteiger partial charge on any atom is -0.385 e. The van der Waals surface area contributed by atoms with Crippen molar-refractivity contribution in [3.63, 3.8) is 0 Å². The normalized spacial score (nSPS) is 12.8. The summed E-state index contributed by atoms with van der Waals surface area (Å²) >= 11 is 0. The minimum absolute atomic E-state index is 0.152. The summed E-state index contributed by atoms with van der Waals surface area (Å²) in [5.74, 6) is 0.548. The molecule has 1 heterocycles. The van der Waals surface area contributed by atoms with Gasteiger partial charge in [-0.1, -0.05) is 13.3 Å². The Labute approximate surface area is 83.6 Å². The Morgan fingerprint density at radius 3 is 2.93 bits per heavy atom. The number of rotatable bonds is 5. The fourth-order valence-electron chi connectivity index (χ4n) is 1.27. The van der Waals surface area contributed by atoms with Crippen LogP contribution in [-0.4, -0.2) is 26.5 Å². The van der Waals surface area contributed by atoms with Crippen LogP contribution < -0.4 is 0 Å². The maximum atomic E-state index is 11.4. The van der Waals surface area contributed by atoms with E-state index in [-0.39, 0.29) is 12.2 Å². The largest absolute Gasteiger partial charge is 0.385 e. The lowest BCUT2D eigenvalue weighted by Crippen LogP contribution is -2.23. The smallest absolute Gasteiger partial charge is 0.168 e. The van der Waals surface area contributed by atoms with Gasteiger partial charge in [-0.25, -0.2) is 4.98 Å². The molecular formula is C10H16N2O2. The summed E-state index contributed by atoms with van der Waals surface area (Å²) in [6, 6.07) is 0. The number of hydrogen-bond acceptors (Lipinski definition) is 3. The summed E-state index contributed by atoms with van der Waals surface area (Å²) in [6.07, 6.45) is 4.15. The number of aryl methyl sites for hydroxylation is 1. The van der Waals surface area contributed by atoms with E-state index in [9.17, 15) is 9.90 Å². The lowest BCUT2D eigenvalue weighted by Gasteiger charge is -2.07. The Morgan fingerprint density at radius 2 is 2.43 bits per heavy atom. The third kappa shape index (κ3) is 2.67. The SMILES string of the molecule is CCCC(O)C(=O)Cc1nccn1C. The van der Waals surface area contributed by atoms with E-state index < -0.39 is 6.10 Å². The second-order valence-electron chi connectivity index (χ2n) is 3.40. The molecule has 0 aliphatic carbocycles. The summed E-state index contributed by atoms with van der Waals surface area (Å²) in [5, 5.41) is 9.42. The van der Waals surface area contributed by atoms with E-state index in [0.717, 1.165) is 6.42 Å². The average molecular weight is 196 g/mol. The minimum atomic E-state index is -0.836. The molecule has 1 atom stereocenters. The zero-order chi connectivity index (χ0) is 10.6. The number of imidazole rings is 1. The van der Waals surface area contributed by atoms with E-state index in [1.54, 1.807) is 17.0 Å². The van der Waals surface area contributed by atoms with Crippen molar-refractivity contribution in [2.45, 2.75) is 32.3 Å². The van der Waals surface area contributed by atoms with E-state index in [4.69, 9.17) is 0 Å². The first kappa shape index (κ1) is 10.9. The number of nitrogens with zero attached hydrogens (tertiary/aromatic N) is 2. The second kappa shape index (κ2) is 4.91. The van der Waals surface area contributed by atoms with Crippen molar-refractivity contribution in [2.24, 2.45) is 7.05 Å². The number of aromatic nitrogens is 2. The molecule has 0 aliphatic heterocycles. The van der Waals surface area contributed by atoms with Crippen molar-refractivity contribution in [1.82, 2.24) is 9.55 Å². The molecular weight excluding hydrogens is 180 g/mol. The van der Waals surface area contributed by atoms with E-state index in [1.165, 1.54) is 0 Å². The number of ketones is 1. The Morgan fingerprint density at radius 1 is 1.71 bits per heavy atom. The van der Waals surface area contributed by atoms with E-state index in [0.29, 0.717) is 12.2 Å². The fourth-order valence-corrected chi connectivity index (χ4v) is 1.27. The summed E-state index contributed by atoms with van der Waals surface area (Å²) in [4.78, 5) is 15.5. The lowest BCUT2D eigenvalue weighted by molar-refractivity contribution is -0.126. The summed E-state index contributed by atoms with van der Waals surface area (Å²) < 4.78 is 1.79. The van der Waals surface area contributed by atoms with Crippen molar-refractivity contribution in [3.05, 3.63) is 18.2 Å². The van der Waals surface area contributed by atoms with Gasteiger partial charge in [0.15, 0.2) is 5.78 Å². The Balaban J connectivity index is 2.53. The molecule has 1 aromatic heterocycles. The molecule has 0 aromatic carbocycles. The Hall–Kier alpha value is -1.16. The zero-order valence-corrected chi connectivity index (χ0v) is 8.60. The molecule has 0 fully saturated rings. The predicted octanol–water partition coefficient (Wildman–Crippen LogP) is 0.693. The van der Waals surface area contributed by atoms with Crippen molar-refractivity contribution in [1.29, 1.82) is 0 Å². The maximum Gasteiger partial charge on any atom is 0.168 e. The highest BCUT2D eigenvalue weighted by molar-refractivity contribution is 5.84. The fraction of sp³-hybridized carbons (Fsp3) is 0.600. The van der Waals surface area contributed by atoms with Crippen LogP contribution in [0.5, 0.6) is 0 Å². The van der Waals surface area contributed by atoms with Crippen molar-refractivity contribution >= 4 is 5.78 Å². The quantitative estimate of drug-likeness (QED) is 0.754. The molecule has 78 valence electrons. The van der Waals surface area contributed by atoms with Gasteiger partial charge in [0, 0.05) is 19.4 Å². The van der Waals surface area contributed by atoms with Gasteiger partial charge in [-0.2, -0.15) is 0 Å². The van der Waals surface area contributed by atoms with Crippen LogP contribution in [0.25, 0.3) is 0 Å². The molecule has 1 unspecified atom stereocenters. The molecule has 0 aliphatic rings. The van der Waals surface area contributed by atoms with Crippen LogP contribution in [0.15, 0.2) is 12.4 Å². The summed E-state index contributed by atoms with van der Waals surface area (Å²) in [7, 11) is 1.84. The van der Waals surface area contributed by atoms with Gasteiger partial charge in [0.1, 0.15) is 11.9 Å². The van der Waals surface area contributed by atoms with Gasteiger partial charge in [0.2, 0.25) is 0 Å². The van der Waals surface area contributed by atoms with Crippen molar-refractivity contribution in [2.75, 3.05) is 0 Å². The zero-order valence-electron chi connectivity index (χ0n) is 8.60. The molecule has 4 heteroatoms. The molecule has 4 nitrogen and oxygen atoms in total. The first-order valence-corrected chi connectivity index (χ1v) is 4.82. The average Bonchev–Trinajstić information content (AvgIpc) is 2.52. The highest BCUT2D eigenvalue weighted by atomic mass is 16.3. The molecule has 0 saturated heterocycles. The van der Waals surface area contributed by atoms with Gasteiger partial charge in [0.25, 0.3) is 0 Å². The molecule has 0 bridgehead atoms. The van der Waals surface area contributed by atoms with E-state index >= 15 is 0 Å². The third-order valence-corrected chi connectivity index (χ3v) is 2.19. The molecule has 0 radical (unpaired) electrons. The predicted molar refractivity (Wildman–Crippen MR) is 52.8 cm³/mol. The molecule has 1 aromatic rings. The van der Waals surface area contributed by atoms with Crippen LogP contribution in [0.2, 0.25) is 0 Å². The van der Waals surface area contributed by atoms with Gasteiger partial charge in [0.05, 0.1) is 6.42 Å². The molecule has 0 spiro atoms. The summed E-state index contributed by atoms with van der Waals surface area (Å²) in [5.41, 5.74) is 0. The van der Waals surface area contributed by atoms with E-state index in [2.05, 4.69) is 4.98 Å². The van der Waals surface area contributed by atoms with Crippen LogP contribution in [0.3, 0.4) is 0 Å². The standard InChI is InChI=1S/C10H16N2O2/c1-3-4-8(13)9(14)7-10-11-5-6-12(10)2/h5-6,8,13H,3-4,7H2,1-2H3. The highest BCUT2D eigenvalue weighted by Crippen LogP contribution is 2.03. The molecule has 1 N–H and O–H groups in total. The number of carbonyl (C=O) groups is 1. The lowest BCUT2D eigenvalue weighted by atomic mass is 10.1. The maximum absolute atomic E-state index is 11.4. The number of aliphatic hydroxyl groups excluding tert-OH is 1. The molecule has 0 amide bonds. The third-order valence-electron chi connectivity index (χ3n) is 2.19. The number of carbonyl (C=O) groups excluding carboxylic acids is 1. The van der Waals surface area contributed by atoms with Crippen LogP contribution in [-0.2, 0) is 18.3 Å². The first-order chi connectivity index (χ1) is 6.65. The van der Waals surface area contributed by atoms with Crippen LogP contribution in [0.4, 0.5) is 0 Å². The van der Waals surface area contributed by atoms with Gasteiger partial charge in [-0.05, 0) is 6.42 Å². The number of Topliss-reactive ketones (excluding diaryl/α,β-unsaturated/α-hetero) is 1.